The van der Waals surface area contributed by atoms with Crippen LogP contribution in [-0.4, -0.2) is 36.0 Å². The average molecular weight is 282 g/mol. The third kappa shape index (κ3) is 3.94. The van der Waals surface area contributed by atoms with E-state index in [9.17, 15) is 14.0 Å². The second-order valence-electron chi connectivity index (χ2n) is 4.57. The van der Waals surface area contributed by atoms with Gasteiger partial charge >= 0.3 is 5.97 Å². The summed E-state index contributed by atoms with van der Waals surface area (Å²) < 4.78 is 18.6. The van der Waals surface area contributed by atoms with Gasteiger partial charge in [0.1, 0.15) is 12.4 Å². The van der Waals surface area contributed by atoms with Gasteiger partial charge in [-0.3, -0.25) is 9.59 Å². The fourth-order valence-corrected chi connectivity index (χ4v) is 1.69. The first-order valence-electron chi connectivity index (χ1n) is 6.38. The number of anilines is 1. The second-order valence-corrected chi connectivity index (χ2v) is 4.57. The zero-order chi connectivity index (χ0) is 15.3. The minimum Gasteiger partial charge on any atom is -0.465 e. The second kappa shape index (κ2) is 6.88. The highest BCUT2D eigenvalue weighted by atomic mass is 19.1. The lowest BCUT2D eigenvalue weighted by atomic mass is 10.1. The van der Waals surface area contributed by atoms with E-state index in [-0.39, 0.29) is 30.4 Å². The van der Waals surface area contributed by atoms with Crippen molar-refractivity contribution in [3.8, 4) is 0 Å². The Balaban J connectivity index is 2.96. The molecule has 0 aliphatic rings. The van der Waals surface area contributed by atoms with E-state index < -0.39 is 17.7 Å². The van der Waals surface area contributed by atoms with Crippen LogP contribution >= 0.6 is 0 Å². The van der Waals surface area contributed by atoms with Crippen LogP contribution < -0.4 is 5.73 Å². The molecule has 110 valence electrons. The molecule has 0 fully saturated rings. The van der Waals surface area contributed by atoms with Crippen molar-refractivity contribution in [3.63, 3.8) is 0 Å². The highest BCUT2D eigenvalue weighted by Crippen LogP contribution is 2.15. The summed E-state index contributed by atoms with van der Waals surface area (Å²) in [5, 5.41) is 0. The molecule has 1 aromatic rings. The Hall–Kier alpha value is -2.11. The summed E-state index contributed by atoms with van der Waals surface area (Å²) in [6.45, 7) is 5.18. The Morgan fingerprint density at radius 3 is 2.55 bits per heavy atom. The lowest BCUT2D eigenvalue weighted by molar-refractivity contribution is -0.144. The van der Waals surface area contributed by atoms with Gasteiger partial charge in [-0.2, -0.15) is 0 Å². The lowest BCUT2D eigenvalue weighted by Gasteiger charge is -2.26. The van der Waals surface area contributed by atoms with E-state index in [0.29, 0.717) is 0 Å². The molecule has 6 heteroatoms. The zero-order valence-corrected chi connectivity index (χ0v) is 11.9. The molecule has 0 bridgehead atoms. The number of carbonyl (C=O) groups excluding carboxylic acids is 2. The average Bonchev–Trinajstić information content (AvgIpc) is 2.35. The van der Waals surface area contributed by atoms with Crippen LogP contribution in [0.1, 0.15) is 31.1 Å². The maximum Gasteiger partial charge on any atom is 0.325 e. The van der Waals surface area contributed by atoms with E-state index >= 15 is 0 Å². The van der Waals surface area contributed by atoms with E-state index in [4.69, 9.17) is 10.5 Å². The van der Waals surface area contributed by atoms with Crippen LogP contribution in [0, 0.1) is 5.82 Å². The Morgan fingerprint density at radius 1 is 1.40 bits per heavy atom. The molecule has 0 radical (unpaired) electrons. The van der Waals surface area contributed by atoms with E-state index in [1.165, 1.54) is 17.0 Å². The van der Waals surface area contributed by atoms with Crippen molar-refractivity contribution in [2.45, 2.75) is 26.8 Å². The maximum absolute atomic E-state index is 13.8. The highest BCUT2D eigenvalue weighted by Gasteiger charge is 2.24. The van der Waals surface area contributed by atoms with Gasteiger partial charge in [0.25, 0.3) is 5.91 Å². The van der Waals surface area contributed by atoms with Gasteiger partial charge in [-0.05, 0) is 39.0 Å². The van der Waals surface area contributed by atoms with Gasteiger partial charge in [0.2, 0.25) is 0 Å². The van der Waals surface area contributed by atoms with Crippen molar-refractivity contribution in [2.75, 3.05) is 18.9 Å². The minimum atomic E-state index is -0.704. The number of amides is 1. The van der Waals surface area contributed by atoms with Crippen molar-refractivity contribution in [3.05, 3.63) is 29.6 Å². The third-order valence-corrected chi connectivity index (χ3v) is 2.71. The summed E-state index contributed by atoms with van der Waals surface area (Å²) in [7, 11) is 0. The molecule has 0 aromatic heterocycles. The highest BCUT2D eigenvalue weighted by molar-refractivity contribution is 5.96. The van der Waals surface area contributed by atoms with E-state index in [0.717, 1.165) is 6.07 Å². The monoisotopic (exact) mass is 282 g/mol. The number of hydrogen-bond acceptors (Lipinski definition) is 4. The quantitative estimate of drug-likeness (QED) is 0.660. The van der Waals surface area contributed by atoms with Crippen LogP contribution in [0.2, 0.25) is 0 Å². The number of nitrogens with two attached hydrogens (primary N) is 1. The number of esters is 1. The normalized spacial score (nSPS) is 10.4. The van der Waals surface area contributed by atoms with Gasteiger partial charge in [0.05, 0.1) is 12.2 Å². The summed E-state index contributed by atoms with van der Waals surface area (Å²) in [5.74, 6) is -1.79. The third-order valence-electron chi connectivity index (χ3n) is 2.71. The largest absolute Gasteiger partial charge is 0.465 e. The van der Waals surface area contributed by atoms with Gasteiger partial charge in [-0.1, -0.05) is 0 Å². The molecule has 0 unspecified atom stereocenters. The molecule has 5 nitrogen and oxygen atoms in total. The molecule has 0 atom stereocenters. The molecule has 1 rings (SSSR count). The van der Waals surface area contributed by atoms with Crippen molar-refractivity contribution in [2.24, 2.45) is 0 Å². The van der Waals surface area contributed by atoms with Crippen molar-refractivity contribution >= 4 is 17.6 Å². The van der Waals surface area contributed by atoms with E-state index in [2.05, 4.69) is 0 Å². The minimum absolute atomic E-state index is 0.114. The SMILES string of the molecule is CCOC(=O)CN(C(=O)c1ccc(N)cc1F)C(C)C. The molecule has 2 N–H and O–H groups in total. The first-order chi connectivity index (χ1) is 9.36. The Morgan fingerprint density at radius 2 is 2.05 bits per heavy atom. The van der Waals surface area contributed by atoms with E-state index in [1.54, 1.807) is 20.8 Å². The van der Waals surface area contributed by atoms with Crippen LogP contribution in [0.5, 0.6) is 0 Å². The lowest BCUT2D eigenvalue weighted by Crippen LogP contribution is -2.41. The summed E-state index contributed by atoms with van der Waals surface area (Å²) in [6, 6.07) is 3.58. The number of rotatable bonds is 5. The number of carbonyl (C=O) groups is 2. The Kier molecular flexibility index (Phi) is 5.49. The predicted octanol–water partition coefficient (Wildman–Crippen LogP) is 1.82. The first-order valence-corrected chi connectivity index (χ1v) is 6.38. The number of ether oxygens (including phenoxy) is 1. The fraction of sp³-hybridized carbons (Fsp3) is 0.429. The number of nitrogen functional groups attached to an aromatic ring is 1. The van der Waals surface area contributed by atoms with Gasteiger partial charge in [-0.25, -0.2) is 4.39 Å². The molecule has 1 aromatic carbocycles. The van der Waals surface area contributed by atoms with Crippen LogP contribution in [0.3, 0.4) is 0 Å². The van der Waals surface area contributed by atoms with Crippen LogP contribution in [0.25, 0.3) is 0 Å². The van der Waals surface area contributed by atoms with Gasteiger partial charge in [0.15, 0.2) is 0 Å². The molecule has 1 amide bonds. The Labute approximate surface area is 117 Å². The van der Waals surface area contributed by atoms with Crippen LogP contribution in [0.4, 0.5) is 10.1 Å². The molecule has 0 saturated carbocycles. The molecule has 0 saturated heterocycles. The fourth-order valence-electron chi connectivity index (χ4n) is 1.69. The number of halogens is 1. The Bertz CT molecular complexity index is 503. The standard InChI is InChI=1S/C14H19FN2O3/c1-4-20-13(18)8-17(9(2)3)14(19)11-6-5-10(16)7-12(11)15/h5-7,9H,4,8,16H2,1-3H3. The first kappa shape index (κ1) is 15.9. The zero-order valence-electron chi connectivity index (χ0n) is 11.9. The molecular weight excluding hydrogens is 263 g/mol. The summed E-state index contributed by atoms with van der Waals surface area (Å²) in [5.41, 5.74) is 5.57. The van der Waals surface area contributed by atoms with Crippen LogP contribution in [0.15, 0.2) is 18.2 Å². The smallest absolute Gasteiger partial charge is 0.325 e. The summed E-state index contributed by atoms with van der Waals surface area (Å²) in [4.78, 5) is 25.1. The van der Waals surface area contributed by atoms with Gasteiger partial charge < -0.3 is 15.4 Å². The summed E-state index contributed by atoms with van der Waals surface area (Å²) >= 11 is 0. The number of nitrogens with zero attached hydrogens (tertiary/aromatic N) is 1. The molecule has 0 spiro atoms. The van der Waals surface area contributed by atoms with Crippen LogP contribution in [-0.2, 0) is 9.53 Å². The molecule has 0 heterocycles. The van der Waals surface area contributed by atoms with Gasteiger partial charge in [-0.15, -0.1) is 0 Å². The van der Waals surface area contributed by atoms with Gasteiger partial charge in [0, 0.05) is 11.7 Å². The van der Waals surface area contributed by atoms with E-state index in [1.807, 2.05) is 0 Å². The molecule has 0 aliphatic heterocycles. The topological polar surface area (TPSA) is 72.6 Å². The number of hydrogen-bond donors (Lipinski definition) is 1. The summed E-state index contributed by atoms with van der Waals surface area (Å²) in [6.07, 6.45) is 0. The molecule has 0 aliphatic carbocycles. The van der Waals surface area contributed by atoms with Crippen molar-refractivity contribution < 1.29 is 18.7 Å². The molecular formula is C14H19FN2O3. The molecule has 20 heavy (non-hydrogen) atoms. The van der Waals surface area contributed by atoms with Crippen molar-refractivity contribution in [1.29, 1.82) is 0 Å². The predicted molar refractivity (Wildman–Crippen MR) is 73.6 cm³/mol. The number of benzene rings is 1. The maximum atomic E-state index is 13.8. The van der Waals surface area contributed by atoms with Crippen molar-refractivity contribution in [1.82, 2.24) is 4.90 Å².